The van der Waals surface area contributed by atoms with E-state index in [1.165, 1.54) is 31.7 Å². The Balaban J connectivity index is 2.00. The zero-order valence-corrected chi connectivity index (χ0v) is 22.4. The van der Waals surface area contributed by atoms with E-state index in [1.54, 1.807) is 25.1 Å². The van der Waals surface area contributed by atoms with E-state index in [-0.39, 0.29) is 28.8 Å². The molecule has 1 aromatic rings. The fourth-order valence-electron chi connectivity index (χ4n) is 5.78. The predicted molar refractivity (Wildman–Crippen MR) is 144 cm³/mol. The molecular weight excluding hydrogens is 470 g/mol. The van der Waals surface area contributed by atoms with E-state index >= 15 is 0 Å². The number of amides is 1. The van der Waals surface area contributed by atoms with E-state index in [0.717, 1.165) is 44.9 Å². The van der Waals surface area contributed by atoms with Crippen molar-refractivity contribution < 1.29 is 19.6 Å². The molecule has 2 N–H and O–H groups in total. The predicted octanol–water partition coefficient (Wildman–Crippen LogP) is 6.44. The summed E-state index contributed by atoms with van der Waals surface area (Å²) in [6.45, 7) is 6.39. The highest BCUT2D eigenvalue weighted by molar-refractivity contribution is 6.02. The molecule has 8 heteroatoms. The molecule has 0 bridgehead atoms. The van der Waals surface area contributed by atoms with Crippen LogP contribution in [0.1, 0.15) is 103 Å². The van der Waals surface area contributed by atoms with Crippen molar-refractivity contribution in [1.29, 1.82) is 0 Å². The van der Waals surface area contributed by atoms with Crippen LogP contribution in [0.4, 0.5) is 5.69 Å². The number of nitro groups is 1. The Hall–Kier alpha value is -3.16. The second-order valence-electron chi connectivity index (χ2n) is 10.3. The van der Waals surface area contributed by atoms with Gasteiger partial charge in [-0.2, -0.15) is 0 Å². The number of nitrogens with zero attached hydrogens (tertiary/aromatic N) is 2. The van der Waals surface area contributed by atoms with Gasteiger partial charge >= 0.3 is 5.97 Å². The Morgan fingerprint density at radius 2 is 1.59 bits per heavy atom. The van der Waals surface area contributed by atoms with Gasteiger partial charge in [0, 0.05) is 41.2 Å². The molecule has 1 heterocycles. The summed E-state index contributed by atoms with van der Waals surface area (Å²) < 4.78 is 0. The zero-order valence-electron chi connectivity index (χ0n) is 22.4. The number of aliphatic carboxylic acids is 1. The van der Waals surface area contributed by atoms with E-state index in [1.807, 2.05) is 11.8 Å². The molecule has 0 spiro atoms. The smallest absolute Gasteiger partial charge is 0.334 e. The van der Waals surface area contributed by atoms with E-state index in [9.17, 15) is 24.8 Å². The minimum atomic E-state index is -1.16. The lowest BCUT2D eigenvalue weighted by Gasteiger charge is -2.38. The average Bonchev–Trinajstić information content (AvgIpc) is 3.37. The first-order valence-corrected chi connectivity index (χ1v) is 13.7. The van der Waals surface area contributed by atoms with Crippen LogP contribution in [0.2, 0.25) is 0 Å². The molecule has 0 radical (unpaired) electrons. The van der Waals surface area contributed by atoms with Crippen LogP contribution in [0.5, 0.6) is 0 Å². The van der Waals surface area contributed by atoms with Gasteiger partial charge in [0.25, 0.3) is 5.69 Å². The third-order valence-electron chi connectivity index (χ3n) is 7.76. The minimum Gasteiger partial charge on any atom is -0.478 e. The van der Waals surface area contributed by atoms with Gasteiger partial charge in [-0.25, -0.2) is 4.79 Å². The van der Waals surface area contributed by atoms with E-state index < -0.39 is 16.8 Å². The van der Waals surface area contributed by atoms with E-state index in [2.05, 4.69) is 12.2 Å². The van der Waals surface area contributed by atoms with Gasteiger partial charge in [0.2, 0.25) is 5.91 Å². The van der Waals surface area contributed by atoms with E-state index in [4.69, 9.17) is 0 Å². The monoisotopic (exact) mass is 511 g/mol. The number of para-hydroxylation sites is 1. The molecule has 1 atom stereocenters. The summed E-state index contributed by atoms with van der Waals surface area (Å²) in [4.78, 5) is 39.7. The van der Waals surface area contributed by atoms with Crippen molar-refractivity contribution in [3.05, 3.63) is 62.5 Å². The van der Waals surface area contributed by atoms with Crippen LogP contribution in [-0.2, 0) is 9.59 Å². The van der Waals surface area contributed by atoms with Gasteiger partial charge in [-0.15, -0.1) is 0 Å². The summed E-state index contributed by atoms with van der Waals surface area (Å²) >= 11 is 0. The van der Waals surface area contributed by atoms with E-state index in [0.29, 0.717) is 23.5 Å². The number of nitro benzene ring substituents is 1. The van der Waals surface area contributed by atoms with Crippen molar-refractivity contribution >= 4 is 17.6 Å². The van der Waals surface area contributed by atoms with Crippen LogP contribution < -0.4 is 5.32 Å². The van der Waals surface area contributed by atoms with Crippen molar-refractivity contribution in [3.8, 4) is 0 Å². The molecule has 202 valence electrons. The first-order valence-electron chi connectivity index (χ1n) is 13.7. The number of carbonyl (C=O) groups is 2. The Morgan fingerprint density at radius 3 is 2.22 bits per heavy atom. The lowest BCUT2D eigenvalue weighted by atomic mass is 9.78. The van der Waals surface area contributed by atoms with Gasteiger partial charge in [-0.05, 0) is 33.1 Å². The molecule has 1 aliphatic heterocycles. The second-order valence-corrected chi connectivity index (χ2v) is 10.3. The molecule has 1 saturated carbocycles. The number of carbonyl (C=O) groups excluding carboxylic acids is 1. The highest BCUT2D eigenvalue weighted by Crippen LogP contribution is 2.45. The summed E-state index contributed by atoms with van der Waals surface area (Å²) in [6, 6.07) is 6.20. The molecule has 1 aromatic carbocycles. The first kappa shape index (κ1) is 28.4. The average molecular weight is 512 g/mol. The molecule has 8 nitrogen and oxygen atoms in total. The molecule has 1 unspecified atom stereocenters. The van der Waals surface area contributed by atoms with Crippen molar-refractivity contribution in [2.24, 2.45) is 0 Å². The Kier molecular flexibility index (Phi) is 10.3. The number of hydrogen-bond donors (Lipinski definition) is 2. The number of hydrogen-bond acceptors (Lipinski definition) is 5. The zero-order chi connectivity index (χ0) is 26.9. The maximum atomic E-state index is 13.7. The molecular formula is C29H41N3O5. The third kappa shape index (κ3) is 6.79. The third-order valence-corrected chi connectivity index (χ3v) is 7.76. The number of carboxylic acid groups (broad SMARTS) is 1. The summed E-state index contributed by atoms with van der Waals surface area (Å²) in [5.74, 6) is -2.52. The Morgan fingerprint density at radius 1 is 1.00 bits per heavy atom. The van der Waals surface area contributed by atoms with Crippen molar-refractivity contribution in [2.45, 2.75) is 103 Å². The van der Waals surface area contributed by atoms with Gasteiger partial charge < -0.3 is 15.3 Å². The Bertz CT molecular complexity index is 1060. The van der Waals surface area contributed by atoms with Crippen molar-refractivity contribution in [1.82, 2.24) is 10.2 Å². The van der Waals surface area contributed by atoms with Gasteiger partial charge in [-0.1, -0.05) is 76.5 Å². The van der Waals surface area contributed by atoms with Crippen LogP contribution in [-0.4, -0.2) is 39.4 Å². The maximum Gasteiger partial charge on any atom is 0.334 e. The maximum absolute atomic E-state index is 13.7. The topological polar surface area (TPSA) is 113 Å². The summed E-state index contributed by atoms with van der Waals surface area (Å²) in [5, 5.41) is 25.4. The van der Waals surface area contributed by atoms with Crippen LogP contribution in [0.15, 0.2) is 46.8 Å². The van der Waals surface area contributed by atoms with Crippen molar-refractivity contribution in [2.75, 3.05) is 6.54 Å². The standard InChI is InChI=1S/C29H41N3O5/c1-4-5-6-7-8-9-14-19-31-20(2)25(28(33)30-22-15-10-11-16-22)27(26(21(31)3)29(34)35)23-17-12-13-18-24(23)32(36)37/h12-13,17-18,22,27H,4-11,14-16,19H2,1-3H3,(H,30,33)(H,34,35). The summed E-state index contributed by atoms with van der Waals surface area (Å²) in [7, 11) is 0. The van der Waals surface area contributed by atoms with Crippen LogP contribution in [0, 0.1) is 10.1 Å². The van der Waals surface area contributed by atoms with Crippen molar-refractivity contribution in [3.63, 3.8) is 0 Å². The highest BCUT2D eigenvalue weighted by Gasteiger charge is 2.42. The van der Waals surface area contributed by atoms with Gasteiger partial charge in [0.15, 0.2) is 0 Å². The lowest BCUT2D eigenvalue weighted by Crippen LogP contribution is -2.41. The largest absolute Gasteiger partial charge is 0.478 e. The SMILES string of the molecule is CCCCCCCCCN1C(C)=C(C(=O)O)C(c2ccccc2[N+](=O)[O-])C(C(=O)NC2CCCC2)=C1C. The summed E-state index contributed by atoms with van der Waals surface area (Å²) in [6.07, 6.45) is 11.7. The second kappa shape index (κ2) is 13.4. The first-order chi connectivity index (χ1) is 17.8. The molecule has 1 fully saturated rings. The number of allylic oxidation sites excluding steroid dienone is 2. The van der Waals surface area contributed by atoms with Gasteiger partial charge in [-0.3, -0.25) is 14.9 Å². The van der Waals surface area contributed by atoms with Gasteiger partial charge in [0.1, 0.15) is 0 Å². The van der Waals surface area contributed by atoms with Crippen LogP contribution in [0.3, 0.4) is 0 Å². The lowest BCUT2D eigenvalue weighted by molar-refractivity contribution is -0.385. The minimum absolute atomic E-state index is 0.0272. The molecule has 1 amide bonds. The highest BCUT2D eigenvalue weighted by atomic mass is 16.6. The molecule has 1 aliphatic carbocycles. The molecule has 2 aliphatic rings. The molecule has 3 rings (SSSR count). The molecule has 37 heavy (non-hydrogen) atoms. The quantitative estimate of drug-likeness (QED) is 0.179. The normalized spacial score (nSPS) is 18.5. The number of carboxylic acids is 1. The summed E-state index contributed by atoms with van der Waals surface area (Å²) in [5.41, 5.74) is 1.59. The number of rotatable bonds is 13. The van der Waals surface area contributed by atoms with Gasteiger partial charge in [0.05, 0.1) is 16.4 Å². The molecule has 0 saturated heterocycles. The fourth-order valence-corrected chi connectivity index (χ4v) is 5.78. The number of nitrogens with one attached hydrogen (secondary N) is 1. The number of benzene rings is 1. The fraction of sp³-hybridized carbons (Fsp3) is 0.586. The van der Waals surface area contributed by atoms with Crippen LogP contribution in [0.25, 0.3) is 0 Å². The molecule has 0 aromatic heterocycles. The number of unbranched alkanes of at least 4 members (excludes halogenated alkanes) is 6. The van der Waals surface area contributed by atoms with Crippen LogP contribution >= 0.6 is 0 Å². The Labute approximate surface area is 220 Å².